The molecule has 0 bridgehead atoms. The average Bonchev–Trinajstić information content (AvgIpc) is 3.26. The van der Waals surface area contributed by atoms with Gasteiger partial charge in [0.15, 0.2) is 5.76 Å². The number of hydrogen-bond donors (Lipinski definition) is 0. The van der Waals surface area contributed by atoms with Crippen molar-refractivity contribution in [3.8, 4) is 17.4 Å². The topological polar surface area (TPSA) is 58.9 Å². The molecule has 4 rings (SSSR count). The number of rotatable bonds is 2. The van der Waals surface area contributed by atoms with Gasteiger partial charge in [-0.15, -0.1) is 0 Å². The third-order valence-electron chi connectivity index (χ3n) is 4.06. The second kappa shape index (κ2) is 6.38. The molecule has 0 saturated carbocycles. The van der Waals surface area contributed by atoms with Gasteiger partial charge in [-0.3, -0.25) is 9.36 Å². The van der Waals surface area contributed by atoms with E-state index >= 15 is 0 Å². The summed E-state index contributed by atoms with van der Waals surface area (Å²) in [7, 11) is 0. The minimum absolute atomic E-state index is 0.149. The Kier molecular flexibility index (Phi) is 4.04. The molecule has 0 unspecified atom stereocenters. The maximum Gasteiger partial charge on any atom is 0.298 e. The van der Waals surface area contributed by atoms with Gasteiger partial charge in [-0.05, 0) is 36.4 Å². The molecule has 126 valence electrons. The summed E-state index contributed by atoms with van der Waals surface area (Å²) in [6.45, 7) is 0. The lowest BCUT2D eigenvalue weighted by Crippen LogP contribution is -2.09. The monoisotopic (exact) mass is 380 g/mol. The summed E-state index contributed by atoms with van der Waals surface area (Å²) in [6.07, 6.45) is 1.52. The molecule has 0 N–H and O–H groups in total. The van der Waals surface area contributed by atoms with Crippen molar-refractivity contribution in [2.75, 3.05) is 0 Å². The molecule has 0 atom stereocenters. The van der Waals surface area contributed by atoms with Crippen LogP contribution in [0, 0.1) is 11.3 Å². The predicted octanol–water partition coefficient (Wildman–Crippen LogP) is 5.77. The first kappa shape index (κ1) is 16.5. The van der Waals surface area contributed by atoms with Crippen LogP contribution in [-0.2, 0) is 0 Å². The number of aromatic nitrogens is 1. The molecule has 0 spiro atoms. The molecule has 6 heteroatoms. The summed E-state index contributed by atoms with van der Waals surface area (Å²) in [5.41, 5.74) is 1.73. The molecule has 2 aromatic carbocycles. The highest BCUT2D eigenvalue weighted by molar-refractivity contribution is 6.36. The van der Waals surface area contributed by atoms with Gasteiger partial charge in [0.2, 0.25) is 0 Å². The highest BCUT2D eigenvalue weighted by Gasteiger charge is 2.19. The van der Waals surface area contributed by atoms with Gasteiger partial charge in [-0.1, -0.05) is 41.4 Å². The number of para-hydroxylation sites is 1. The normalized spacial score (nSPS) is 10.8. The van der Waals surface area contributed by atoms with Crippen molar-refractivity contribution >= 4 is 40.0 Å². The Balaban J connectivity index is 1.77. The molecule has 0 saturated heterocycles. The minimum Gasteiger partial charge on any atom is -0.451 e. The van der Waals surface area contributed by atoms with E-state index < -0.39 is 0 Å². The van der Waals surface area contributed by atoms with Gasteiger partial charge in [0.25, 0.3) is 5.91 Å². The number of furan rings is 1. The number of hydrogen-bond acceptors (Lipinski definition) is 3. The van der Waals surface area contributed by atoms with Gasteiger partial charge in [0.1, 0.15) is 11.8 Å². The molecule has 0 aliphatic carbocycles. The van der Waals surface area contributed by atoms with Crippen LogP contribution < -0.4 is 0 Å². The molecule has 0 aliphatic rings. The van der Waals surface area contributed by atoms with E-state index in [0.29, 0.717) is 32.4 Å². The van der Waals surface area contributed by atoms with E-state index in [4.69, 9.17) is 27.6 Å². The van der Waals surface area contributed by atoms with Crippen LogP contribution in [0.2, 0.25) is 10.0 Å². The van der Waals surface area contributed by atoms with Crippen molar-refractivity contribution in [1.29, 1.82) is 5.26 Å². The van der Waals surface area contributed by atoms with E-state index in [0.717, 1.165) is 5.39 Å². The summed E-state index contributed by atoms with van der Waals surface area (Å²) in [5.74, 6) is 0.252. The van der Waals surface area contributed by atoms with Gasteiger partial charge >= 0.3 is 0 Å². The molecule has 4 nitrogen and oxygen atoms in total. The van der Waals surface area contributed by atoms with Crippen molar-refractivity contribution in [3.63, 3.8) is 0 Å². The Morgan fingerprint density at radius 2 is 1.88 bits per heavy atom. The summed E-state index contributed by atoms with van der Waals surface area (Å²) in [6, 6.07) is 17.6. The zero-order valence-corrected chi connectivity index (χ0v) is 14.8. The first-order valence-corrected chi connectivity index (χ1v) is 8.44. The summed E-state index contributed by atoms with van der Waals surface area (Å²) >= 11 is 12.1. The average molecular weight is 381 g/mol. The van der Waals surface area contributed by atoms with E-state index in [9.17, 15) is 10.1 Å². The first-order chi connectivity index (χ1) is 12.6. The SMILES string of the molecule is N#Cc1cn(C(=O)c2ccc(-c3ccc(Cl)cc3Cl)o2)c2ccccc12. The molecular formula is C20H10Cl2N2O2. The lowest BCUT2D eigenvalue weighted by Gasteiger charge is -2.03. The summed E-state index contributed by atoms with van der Waals surface area (Å²) in [5, 5.41) is 11.0. The van der Waals surface area contributed by atoms with Crippen molar-refractivity contribution in [2.24, 2.45) is 0 Å². The third-order valence-corrected chi connectivity index (χ3v) is 4.61. The standard InChI is InChI=1S/C20H10Cl2N2O2/c21-13-5-6-15(16(22)9-13)18-7-8-19(26-18)20(25)24-11-12(10-23)14-3-1-2-4-17(14)24/h1-9,11H. The number of fused-ring (bicyclic) bond motifs is 1. The number of nitrogens with zero attached hydrogens (tertiary/aromatic N) is 2. The van der Waals surface area contributed by atoms with Crippen LogP contribution in [0.4, 0.5) is 0 Å². The number of carbonyl (C=O) groups is 1. The molecule has 4 aromatic rings. The fourth-order valence-corrected chi connectivity index (χ4v) is 3.34. The highest BCUT2D eigenvalue weighted by atomic mass is 35.5. The maximum absolute atomic E-state index is 12.9. The molecule has 26 heavy (non-hydrogen) atoms. The smallest absolute Gasteiger partial charge is 0.298 e. The van der Waals surface area contributed by atoms with Gasteiger partial charge in [-0.25, -0.2) is 0 Å². The maximum atomic E-state index is 12.9. The van der Waals surface area contributed by atoms with Crippen LogP contribution >= 0.6 is 23.2 Å². The lowest BCUT2D eigenvalue weighted by atomic mass is 10.2. The van der Waals surface area contributed by atoms with Gasteiger partial charge in [0.05, 0.1) is 16.1 Å². The quantitative estimate of drug-likeness (QED) is 0.443. The van der Waals surface area contributed by atoms with E-state index in [1.54, 1.807) is 42.5 Å². The van der Waals surface area contributed by atoms with Crippen molar-refractivity contribution in [1.82, 2.24) is 4.57 Å². The lowest BCUT2D eigenvalue weighted by molar-refractivity contribution is 0.0938. The fraction of sp³-hybridized carbons (Fsp3) is 0. The largest absolute Gasteiger partial charge is 0.451 e. The molecule has 2 aromatic heterocycles. The van der Waals surface area contributed by atoms with Gasteiger partial charge in [0, 0.05) is 22.2 Å². The van der Waals surface area contributed by atoms with Gasteiger partial charge in [-0.2, -0.15) is 5.26 Å². The molecule has 2 heterocycles. The molecule has 0 radical (unpaired) electrons. The Labute approximate surface area is 158 Å². The Morgan fingerprint density at radius 3 is 2.65 bits per heavy atom. The fourth-order valence-electron chi connectivity index (χ4n) is 2.84. The molecule has 0 amide bonds. The first-order valence-electron chi connectivity index (χ1n) is 7.68. The van der Waals surface area contributed by atoms with E-state index in [2.05, 4.69) is 6.07 Å². The van der Waals surface area contributed by atoms with Crippen molar-refractivity contribution in [3.05, 3.63) is 82.2 Å². The zero-order chi connectivity index (χ0) is 18.3. The third kappa shape index (κ3) is 2.68. The van der Waals surface area contributed by atoms with Crippen LogP contribution in [-0.4, -0.2) is 10.5 Å². The van der Waals surface area contributed by atoms with Crippen LogP contribution in [0.1, 0.15) is 16.1 Å². The number of carbonyl (C=O) groups excluding carboxylic acids is 1. The summed E-state index contributed by atoms with van der Waals surface area (Å²) < 4.78 is 7.13. The van der Waals surface area contributed by atoms with E-state index in [1.807, 2.05) is 12.1 Å². The van der Waals surface area contributed by atoms with Crippen LogP contribution in [0.15, 0.2) is 65.2 Å². The van der Waals surface area contributed by atoms with E-state index in [-0.39, 0.29) is 11.7 Å². The van der Waals surface area contributed by atoms with Crippen LogP contribution in [0.5, 0.6) is 0 Å². The van der Waals surface area contributed by atoms with Crippen LogP contribution in [0.3, 0.4) is 0 Å². The van der Waals surface area contributed by atoms with Crippen molar-refractivity contribution in [2.45, 2.75) is 0 Å². The van der Waals surface area contributed by atoms with Crippen LogP contribution in [0.25, 0.3) is 22.2 Å². The number of nitriles is 1. The Bertz CT molecular complexity index is 1200. The Hall–Kier alpha value is -3.00. The number of halogens is 2. The Morgan fingerprint density at radius 1 is 1.08 bits per heavy atom. The minimum atomic E-state index is -0.362. The van der Waals surface area contributed by atoms with E-state index in [1.165, 1.54) is 10.8 Å². The highest BCUT2D eigenvalue weighted by Crippen LogP contribution is 2.32. The number of benzene rings is 2. The second-order valence-corrected chi connectivity index (χ2v) is 6.48. The molecule has 0 fully saturated rings. The summed E-state index contributed by atoms with van der Waals surface area (Å²) in [4.78, 5) is 12.9. The van der Waals surface area contributed by atoms with Crippen molar-refractivity contribution < 1.29 is 9.21 Å². The molecule has 0 aliphatic heterocycles. The zero-order valence-electron chi connectivity index (χ0n) is 13.2. The second-order valence-electron chi connectivity index (χ2n) is 5.63. The molecular weight excluding hydrogens is 371 g/mol. The predicted molar refractivity (Wildman–Crippen MR) is 101 cm³/mol. The van der Waals surface area contributed by atoms with Gasteiger partial charge < -0.3 is 4.42 Å².